The molecule has 5 heteroatoms. The van der Waals surface area contributed by atoms with Crippen LogP contribution in [0.15, 0.2) is 53.3 Å². The van der Waals surface area contributed by atoms with Gasteiger partial charge in [-0.15, -0.1) is 0 Å². The van der Waals surface area contributed by atoms with Crippen LogP contribution in [0.5, 0.6) is 5.75 Å². The van der Waals surface area contributed by atoms with E-state index in [2.05, 4.69) is 11.7 Å². The molecule has 0 aliphatic rings. The van der Waals surface area contributed by atoms with Crippen molar-refractivity contribution in [1.82, 2.24) is 9.78 Å². The number of para-hydroxylation sites is 1. The van der Waals surface area contributed by atoms with E-state index in [1.165, 1.54) is 4.68 Å². The van der Waals surface area contributed by atoms with E-state index in [1.54, 1.807) is 37.5 Å². The second-order valence-corrected chi connectivity index (χ2v) is 5.45. The molecule has 1 aromatic heterocycles. The number of rotatable bonds is 3. The number of aromatic nitrogens is 2. The lowest BCUT2D eigenvalue weighted by Crippen LogP contribution is -2.34. The summed E-state index contributed by atoms with van der Waals surface area (Å²) in [5.74, 6) is 0.696. The third-order valence-corrected chi connectivity index (χ3v) is 3.75. The van der Waals surface area contributed by atoms with Crippen LogP contribution in [0.4, 0.5) is 0 Å². The summed E-state index contributed by atoms with van der Waals surface area (Å²) in [6.07, 6.45) is 1.76. The molecule has 1 N–H and O–H groups in total. The minimum Gasteiger partial charge on any atom is -0.496 e. The van der Waals surface area contributed by atoms with Gasteiger partial charge < -0.3 is 4.74 Å². The minimum atomic E-state index is -0.192. The highest BCUT2D eigenvalue weighted by Crippen LogP contribution is 2.17. The lowest BCUT2D eigenvalue weighted by molar-refractivity contribution is 0.414. The molecule has 0 aliphatic carbocycles. The van der Waals surface area contributed by atoms with Crippen LogP contribution >= 0.6 is 11.6 Å². The zero-order chi connectivity index (χ0) is 16.4. The molecule has 0 amide bonds. The number of benzene rings is 2. The summed E-state index contributed by atoms with van der Waals surface area (Å²) in [5.41, 5.74) is 1.28. The SMILES string of the molecule is C=c1[nH]n(-c2cccc(Cl)c2)c(=O)/c1=C/c1ccccc1OC. The van der Waals surface area contributed by atoms with Crippen molar-refractivity contribution < 1.29 is 4.74 Å². The van der Waals surface area contributed by atoms with Crippen molar-refractivity contribution in [2.75, 3.05) is 7.11 Å². The third-order valence-electron chi connectivity index (χ3n) is 3.51. The zero-order valence-electron chi connectivity index (χ0n) is 12.5. The highest BCUT2D eigenvalue weighted by Gasteiger charge is 2.06. The Morgan fingerprint density at radius 2 is 2.00 bits per heavy atom. The number of hydrogen-bond donors (Lipinski definition) is 1. The Labute approximate surface area is 137 Å². The topological polar surface area (TPSA) is 47.0 Å². The maximum Gasteiger partial charge on any atom is 0.279 e. The van der Waals surface area contributed by atoms with Gasteiger partial charge in [0.15, 0.2) is 0 Å². The molecule has 0 spiro atoms. The first-order chi connectivity index (χ1) is 11.1. The standard InChI is InChI=1S/C18H15ClN2O2/c1-12-16(10-13-6-3-4-9-17(13)23-2)18(22)21(20-12)15-8-5-7-14(19)11-15/h3-11,20H,1H2,2H3/b16-10+. The first-order valence-corrected chi connectivity index (χ1v) is 7.38. The van der Waals surface area contributed by atoms with E-state index < -0.39 is 0 Å². The summed E-state index contributed by atoms with van der Waals surface area (Å²) in [6, 6.07) is 14.6. The number of hydrogen-bond acceptors (Lipinski definition) is 2. The summed E-state index contributed by atoms with van der Waals surface area (Å²) in [5, 5.41) is 4.55. The minimum absolute atomic E-state index is 0.192. The summed E-state index contributed by atoms with van der Waals surface area (Å²) in [4.78, 5) is 12.7. The highest BCUT2D eigenvalue weighted by atomic mass is 35.5. The Hall–Kier alpha value is -2.72. The van der Waals surface area contributed by atoms with Gasteiger partial charge in [0.2, 0.25) is 0 Å². The van der Waals surface area contributed by atoms with Crippen LogP contribution in [0.1, 0.15) is 5.56 Å². The Morgan fingerprint density at radius 1 is 1.22 bits per heavy atom. The van der Waals surface area contributed by atoms with Crippen molar-refractivity contribution in [1.29, 1.82) is 0 Å². The van der Waals surface area contributed by atoms with Crippen LogP contribution in [-0.4, -0.2) is 16.9 Å². The van der Waals surface area contributed by atoms with Crippen LogP contribution in [0.3, 0.4) is 0 Å². The van der Waals surface area contributed by atoms with E-state index in [-0.39, 0.29) is 5.56 Å². The largest absolute Gasteiger partial charge is 0.496 e. The summed E-state index contributed by atoms with van der Waals surface area (Å²) in [6.45, 7) is 3.92. The Balaban J connectivity index is 2.21. The molecule has 0 aliphatic heterocycles. The second kappa shape index (κ2) is 6.18. The van der Waals surface area contributed by atoms with Crippen LogP contribution in [-0.2, 0) is 0 Å². The van der Waals surface area contributed by atoms with Crippen LogP contribution in [0.2, 0.25) is 5.02 Å². The average molecular weight is 327 g/mol. The molecule has 0 atom stereocenters. The van der Waals surface area contributed by atoms with Crippen molar-refractivity contribution >= 4 is 24.3 Å². The number of halogens is 1. The van der Waals surface area contributed by atoms with Gasteiger partial charge in [0.25, 0.3) is 5.56 Å². The van der Waals surface area contributed by atoms with Crippen LogP contribution < -0.4 is 20.9 Å². The van der Waals surface area contributed by atoms with Gasteiger partial charge in [-0.05, 0) is 30.3 Å². The monoisotopic (exact) mass is 326 g/mol. The van der Waals surface area contributed by atoms with E-state index in [4.69, 9.17) is 16.3 Å². The fraction of sp³-hybridized carbons (Fsp3) is 0.0556. The van der Waals surface area contributed by atoms with Crippen LogP contribution in [0.25, 0.3) is 18.3 Å². The average Bonchev–Trinajstić information content (AvgIpc) is 2.83. The van der Waals surface area contributed by atoms with E-state index in [9.17, 15) is 4.79 Å². The number of ether oxygens (including phenoxy) is 1. The predicted molar refractivity (Wildman–Crippen MR) is 92.7 cm³/mol. The number of methoxy groups -OCH3 is 1. The number of nitrogens with one attached hydrogen (secondary N) is 1. The number of nitrogens with zero attached hydrogens (tertiary/aromatic N) is 1. The maximum atomic E-state index is 12.7. The molecule has 0 saturated carbocycles. The Kier molecular flexibility index (Phi) is 4.08. The number of aromatic amines is 1. The van der Waals surface area contributed by atoms with Crippen molar-refractivity contribution in [3.63, 3.8) is 0 Å². The molecule has 2 aromatic carbocycles. The molecule has 3 rings (SSSR count). The smallest absolute Gasteiger partial charge is 0.279 e. The normalized spacial score (nSPS) is 11.7. The van der Waals surface area contributed by atoms with Gasteiger partial charge in [-0.25, -0.2) is 4.68 Å². The molecule has 0 saturated heterocycles. The van der Waals surface area contributed by atoms with Gasteiger partial charge in [0, 0.05) is 10.6 Å². The molecule has 0 unspecified atom stereocenters. The summed E-state index contributed by atoms with van der Waals surface area (Å²) in [7, 11) is 1.60. The molecule has 116 valence electrons. The Morgan fingerprint density at radius 3 is 2.74 bits per heavy atom. The van der Waals surface area contributed by atoms with Gasteiger partial charge in [-0.3, -0.25) is 9.89 Å². The van der Waals surface area contributed by atoms with Gasteiger partial charge in [-0.2, -0.15) is 0 Å². The maximum absolute atomic E-state index is 12.7. The molecule has 4 nitrogen and oxygen atoms in total. The predicted octanol–water partition coefficient (Wildman–Crippen LogP) is 2.07. The molecular weight excluding hydrogens is 312 g/mol. The van der Waals surface area contributed by atoms with E-state index in [1.807, 2.05) is 24.3 Å². The molecule has 3 aromatic rings. The van der Waals surface area contributed by atoms with Gasteiger partial charge >= 0.3 is 0 Å². The zero-order valence-corrected chi connectivity index (χ0v) is 13.3. The molecule has 23 heavy (non-hydrogen) atoms. The molecular formula is C18H15ClN2O2. The van der Waals surface area contributed by atoms with E-state index in [0.717, 1.165) is 5.56 Å². The fourth-order valence-electron chi connectivity index (χ4n) is 2.38. The molecule has 1 heterocycles. The van der Waals surface area contributed by atoms with Crippen molar-refractivity contribution in [3.05, 3.63) is 80.0 Å². The third kappa shape index (κ3) is 2.94. The lowest BCUT2D eigenvalue weighted by Gasteiger charge is -2.02. The van der Waals surface area contributed by atoms with E-state index >= 15 is 0 Å². The first kappa shape index (κ1) is 15.2. The van der Waals surface area contributed by atoms with Crippen molar-refractivity contribution in [2.24, 2.45) is 0 Å². The van der Waals surface area contributed by atoms with Crippen molar-refractivity contribution in [2.45, 2.75) is 0 Å². The highest BCUT2D eigenvalue weighted by molar-refractivity contribution is 6.30. The fourth-order valence-corrected chi connectivity index (χ4v) is 2.57. The lowest BCUT2D eigenvalue weighted by atomic mass is 10.1. The van der Waals surface area contributed by atoms with Crippen LogP contribution in [0, 0.1) is 0 Å². The first-order valence-electron chi connectivity index (χ1n) is 7.01. The molecule has 0 radical (unpaired) electrons. The van der Waals surface area contributed by atoms with E-state index in [0.29, 0.717) is 27.0 Å². The number of H-pyrrole nitrogens is 1. The Bertz CT molecular complexity index is 1020. The summed E-state index contributed by atoms with van der Waals surface area (Å²) >= 11 is 5.99. The molecule has 0 bridgehead atoms. The summed E-state index contributed by atoms with van der Waals surface area (Å²) < 4.78 is 6.74. The second-order valence-electron chi connectivity index (χ2n) is 5.01. The van der Waals surface area contributed by atoms with Gasteiger partial charge in [0.1, 0.15) is 5.75 Å². The molecule has 0 fully saturated rings. The van der Waals surface area contributed by atoms with Gasteiger partial charge in [0.05, 0.1) is 23.4 Å². The van der Waals surface area contributed by atoms with Gasteiger partial charge in [-0.1, -0.05) is 42.4 Å². The van der Waals surface area contributed by atoms with Crippen molar-refractivity contribution in [3.8, 4) is 11.4 Å². The quantitative estimate of drug-likeness (QED) is 0.801.